The number of nitrogens with zero attached hydrogens (tertiary/aromatic N) is 1. The standard InChI is InChI=1S/C25H24N2O5S/c1-31-24(29)23-20(15-21(33-23)18-10-6-3-7-11-18)26-19-12-13-27(22(28)14-19)25(30)32-16-17-8-4-2-5-9-17/h2-11,15,19,26H,12-14,16H2,1H3. The van der Waals surface area contributed by atoms with Crippen molar-refractivity contribution in [2.45, 2.75) is 25.5 Å². The van der Waals surface area contributed by atoms with Gasteiger partial charge in [-0.05, 0) is 23.6 Å². The molecule has 7 nitrogen and oxygen atoms in total. The second kappa shape index (κ2) is 10.3. The maximum atomic E-state index is 12.6. The molecule has 1 aliphatic heterocycles. The van der Waals surface area contributed by atoms with E-state index in [-0.39, 0.29) is 31.5 Å². The molecule has 2 heterocycles. The summed E-state index contributed by atoms with van der Waals surface area (Å²) in [6.07, 6.45) is 0.0281. The van der Waals surface area contributed by atoms with Crippen LogP contribution in [0.25, 0.3) is 10.4 Å². The Morgan fingerprint density at radius 3 is 2.45 bits per heavy atom. The molecule has 4 rings (SSSR count). The van der Waals surface area contributed by atoms with E-state index in [1.807, 2.05) is 66.7 Å². The molecule has 0 bridgehead atoms. The fourth-order valence-corrected chi connectivity index (χ4v) is 4.70. The number of carbonyl (C=O) groups is 3. The van der Waals surface area contributed by atoms with Crippen LogP contribution in [0.4, 0.5) is 10.5 Å². The summed E-state index contributed by atoms with van der Waals surface area (Å²) in [5.41, 5.74) is 2.48. The van der Waals surface area contributed by atoms with Crippen molar-refractivity contribution in [3.63, 3.8) is 0 Å². The predicted octanol–water partition coefficient (Wildman–Crippen LogP) is 4.94. The van der Waals surface area contributed by atoms with Gasteiger partial charge in [0.15, 0.2) is 0 Å². The summed E-state index contributed by atoms with van der Waals surface area (Å²) in [6.45, 7) is 0.359. The third kappa shape index (κ3) is 5.40. The van der Waals surface area contributed by atoms with E-state index in [1.165, 1.54) is 18.4 Å². The van der Waals surface area contributed by atoms with Gasteiger partial charge in [-0.2, -0.15) is 0 Å². The van der Waals surface area contributed by atoms with Gasteiger partial charge in [0.2, 0.25) is 5.91 Å². The van der Waals surface area contributed by atoms with E-state index in [9.17, 15) is 14.4 Å². The quantitative estimate of drug-likeness (QED) is 0.520. The molecule has 8 heteroatoms. The largest absolute Gasteiger partial charge is 0.465 e. The van der Waals surface area contributed by atoms with Crippen LogP contribution in [-0.2, 0) is 20.9 Å². The molecule has 1 saturated heterocycles. The van der Waals surface area contributed by atoms with Crippen LogP contribution in [0, 0.1) is 0 Å². The maximum Gasteiger partial charge on any atom is 0.416 e. The van der Waals surface area contributed by atoms with Crippen LogP contribution >= 0.6 is 11.3 Å². The van der Waals surface area contributed by atoms with Crippen LogP contribution in [0.2, 0.25) is 0 Å². The number of benzene rings is 2. The first-order chi connectivity index (χ1) is 16.0. The van der Waals surface area contributed by atoms with E-state index in [2.05, 4.69) is 5.32 Å². The Balaban J connectivity index is 1.40. The number of anilines is 1. The number of piperidine rings is 1. The fourth-order valence-electron chi connectivity index (χ4n) is 3.65. The molecule has 1 aromatic heterocycles. The van der Waals surface area contributed by atoms with E-state index in [1.54, 1.807) is 0 Å². The molecule has 0 aliphatic carbocycles. The molecular formula is C25H24N2O5S. The summed E-state index contributed by atoms with van der Waals surface area (Å²) >= 11 is 1.34. The first-order valence-corrected chi connectivity index (χ1v) is 11.4. The molecule has 0 radical (unpaired) electrons. The first-order valence-electron chi connectivity index (χ1n) is 10.6. The number of likely N-dealkylation sites (tertiary alicyclic amines) is 1. The van der Waals surface area contributed by atoms with Gasteiger partial charge in [-0.25, -0.2) is 14.5 Å². The second-order valence-corrected chi connectivity index (χ2v) is 8.68. The average molecular weight is 465 g/mol. The first kappa shape index (κ1) is 22.5. The number of imide groups is 1. The van der Waals surface area contributed by atoms with Crippen LogP contribution in [-0.4, -0.2) is 42.6 Å². The van der Waals surface area contributed by atoms with Gasteiger partial charge in [0.1, 0.15) is 11.5 Å². The van der Waals surface area contributed by atoms with Crippen LogP contribution in [0.3, 0.4) is 0 Å². The van der Waals surface area contributed by atoms with Gasteiger partial charge in [0.25, 0.3) is 0 Å². The average Bonchev–Trinajstić information content (AvgIpc) is 3.27. The van der Waals surface area contributed by atoms with Crippen molar-refractivity contribution in [3.05, 3.63) is 77.2 Å². The number of rotatable bonds is 6. The highest BCUT2D eigenvalue weighted by atomic mass is 32.1. The van der Waals surface area contributed by atoms with Crippen molar-refractivity contribution in [2.75, 3.05) is 19.0 Å². The van der Waals surface area contributed by atoms with Crippen molar-refractivity contribution in [2.24, 2.45) is 0 Å². The third-order valence-corrected chi connectivity index (χ3v) is 6.53. The smallest absolute Gasteiger partial charge is 0.416 e. The zero-order valence-electron chi connectivity index (χ0n) is 18.2. The fraction of sp³-hybridized carbons (Fsp3) is 0.240. The van der Waals surface area contributed by atoms with Crippen molar-refractivity contribution in [1.29, 1.82) is 0 Å². The number of hydrogen-bond acceptors (Lipinski definition) is 7. The lowest BCUT2D eigenvalue weighted by atomic mass is 10.0. The number of carbonyl (C=O) groups excluding carboxylic acids is 3. The van der Waals surface area contributed by atoms with E-state index in [0.29, 0.717) is 17.0 Å². The maximum absolute atomic E-state index is 12.6. The summed E-state index contributed by atoms with van der Waals surface area (Å²) in [5, 5.41) is 3.31. The van der Waals surface area contributed by atoms with Gasteiger partial charge < -0.3 is 14.8 Å². The van der Waals surface area contributed by atoms with Crippen molar-refractivity contribution >= 4 is 35.0 Å². The number of thiophene rings is 1. The Morgan fingerprint density at radius 2 is 1.79 bits per heavy atom. The number of hydrogen-bond donors (Lipinski definition) is 1. The van der Waals surface area contributed by atoms with Gasteiger partial charge in [-0.15, -0.1) is 11.3 Å². The van der Waals surface area contributed by atoms with Gasteiger partial charge in [0, 0.05) is 23.9 Å². The van der Waals surface area contributed by atoms with Gasteiger partial charge in [0.05, 0.1) is 12.8 Å². The molecule has 2 aromatic carbocycles. The second-order valence-electron chi connectivity index (χ2n) is 7.63. The monoisotopic (exact) mass is 464 g/mol. The topological polar surface area (TPSA) is 84.9 Å². The Hall–Kier alpha value is -3.65. The molecule has 1 N–H and O–H groups in total. The number of amides is 2. The minimum atomic E-state index is -0.639. The Morgan fingerprint density at radius 1 is 1.09 bits per heavy atom. The highest BCUT2D eigenvalue weighted by Gasteiger charge is 2.32. The van der Waals surface area contributed by atoms with Crippen LogP contribution in [0.5, 0.6) is 0 Å². The Bertz CT molecular complexity index is 1130. The molecule has 1 fully saturated rings. The van der Waals surface area contributed by atoms with Gasteiger partial charge >= 0.3 is 12.1 Å². The van der Waals surface area contributed by atoms with E-state index < -0.39 is 12.1 Å². The molecule has 0 saturated carbocycles. The highest BCUT2D eigenvalue weighted by Crippen LogP contribution is 2.36. The lowest BCUT2D eigenvalue weighted by Gasteiger charge is -2.30. The number of methoxy groups -OCH3 is 1. The SMILES string of the molecule is COC(=O)c1sc(-c2ccccc2)cc1NC1CCN(C(=O)OCc2ccccc2)C(=O)C1. The molecule has 1 atom stereocenters. The number of nitrogens with one attached hydrogen (secondary N) is 1. The van der Waals surface area contributed by atoms with E-state index in [4.69, 9.17) is 9.47 Å². The normalized spacial score (nSPS) is 15.7. The number of ether oxygens (including phenoxy) is 2. The number of esters is 1. The lowest BCUT2D eigenvalue weighted by molar-refractivity contribution is -0.131. The molecule has 0 spiro atoms. The molecule has 3 aromatic rings. The summed E-state index contributed by atoms with van der Waals surface area (Å²) < 4.78 is 10.2. The molecular weight excluding hydrogens is 440 g/mol. The predicted molar refractivity (Wildman–Crippen MR) is 126 cm³/mol. The molecule has 1 unspecified atom stereocenters. The summed E-state index contributed by atoms with van der Waals surface area (Å²) in [7, 11) is 1.34. The van der Waals surface area contributed by atoms with Crippen molar-refractivity contribution in [3.8, 4) is 10.4 Å². The lowest BCUT2D eigenvalue weighted by Crippen LogP contribution is -2.46. The van der Waals surface area contributed by atoms with Gasteiger partial charge in [-0.1, -0.05) is 60.7 Å². The summed E-state index contributed by atoms with van der Waals surface area (Å²) in [4.78, 5) is 39.9. The summed E-state index contributed by atoms with van der Waals surface area (Å²) in [5.74, 6) is -0.743. The molecule has 2 amide bonds. The minimum Gasteiger partial charge on any atom is -0.465 e. The molecule has 33 heavy (non-hydrogen) atoms. The van der Waals surface area contributed by atoms with Crippen LogP contribution < -0.4 is 5.32 Å². The van der Waals surface area contributed by atoms with Crippen molar-refractivity contribution < 1.29 is 23.9 Å². The van der Waals surface area contributed by atoms with Crippen LogP contribution in [0.15, 0.2) is 66.7 Å². The molecule has 1 aliphatic rings. The van der Waals surface area contributed by atoms with Crippen molar-refractivity contribution in [1.82, 2.24) is 4.90 Å². The van der Waals surface area contributed by atoms with E-state index >= 15 is 0 Å². The van der Waals surface area contributed by atoms with Crippen LogP contribution in [0.1, 0.15) is 28.1 Å². The zero-order valence-corrected chi connectivity index (χ0v) is 19.0. The summed E-state index contributed by atoms with van der Waals surface area (Å²) in [6, 6.07) is 20.8. The third-order valence-electron chi connectivity index (χ3n) is 5.37. The van der Waals surface area contributed by atoms with Gasteiger partial charge in [-0.3, -0.25) is 4.79 Å². The zero-order chi connectivity index (χ0) is 23.2. The Labute approximate surface area is 195 Å². The minimum absolute atomic E-state index is 0.116. The molecule has 170 valence electrons. The highest BCUT2D eigenvalue weighted by molar-refractivity contribution is 7.18. The van der Waals surface area contributed by atoms with E-state index in [0.717, 1.165) is 20.9 Å². The Kier molecular flexibility index (Phi) is 7.04.